The van der Waals surface area contributed by atoms with Crippen molar-refractivity contribution in [2.24, 2.45) is 0 Å². The van der Waals surface area contributed by atoms with Crippen molar-refractivity contribution in [3.05, 3.63) is 86.8 Å². The summed E-state index contributed by atoms with van der Waals surface area (Å²) in [4.78, 5) is 26.4. The van der Waals surface area contributed by atoms with Crippen molar-refractivity contribution in [1.29, 1.82) is 0 Å². The molecule has 4 aromatic rings. The van der Waals surface area contributed by atoms with Crippen molar-refractivity contribution < 1.29 is 0 Å². The smallest absolute Gasteiger partial charge is 0.267 e. The molecule has 0 aliphatic rings. The second-order valence-corrected chi connectivity index (χ2v) is 7.36. The van der Waals surface area contributed by atoms with E-state index in [-0.39, 0.29) is 16.9 Å². The summed E-state index contributed by atoms with van der Waals surface area (Å²) >= 11 is 12.3. The average Bonchev–Trinajstić information content (AvgIpc) is 2.78. The minimum Gasteiger partial charge on any atom is -0.360 e. The van der Waals surface area contributed by atoms with Crippen LogP contribution in [0.3, 0.4) is 0 Å². The van der Waals surface area contributed by atoms with Gasteiger partial charge in [-0.15, -0.1) is 0 Å². The van der Waals surface area contributed by atoms with Crippen LogP contribution in [0.4, 0.5) is 5.82 Å². The number of aromatic nitrogens is 4. The maximum absolute atomic E-state index is 13.4. The Kier molecular flexibility index (Phi) is 7.25. The standard InChI is InChI=1S/C21H17Cl2N5O.C2H6/c1-12-11-24-21(23)27-18(12)25-13(2)19-26-16-10-6-9-15(22)17(16)20(29)28(19)14-7-4-3-5-8-14;1-2/h3-11,13H,1-2H3,(H,24,25,27);1-2H3. The Hall–Kier alpha value is -2.96. The monoisotopic (exact) mass is 455 g/mol. The number of rotatable bonds is 4. The van der Waals surface area contributed by atoms with Gasteiger partial charge in [0.1, 0.15) is 11.6 Å². The highest BCUT2D eigenvalue weighted by molar-refractivity contribution is 6.35. The van der Waals surface area contributed by atoms with Gasteiger partial charge >= 0.3 is 0 Å². The second-order valence-electron chi connectivity index (χ2n) is 6.62. The molecule has 0 radical (unpaired) electrons. The van der Waals surface area contributed by atoms with Gasteiger partial charge in [0.25, 0.3) is 5.56 Å². The van der Waals surface area contributed by atoms with Gasteiger partial charge in [0.15, 0.2) is 0 Å². The van der Waals surface area contributed by atoms with Crippen molar-refractivity contribution in [2.45, 2.75) is 33.7 Å². The molecule has 1 atom stereocenters. The quantitative estimate of drug-likeness (QED) is 0.382. The van der Waals surface area contributed by atoms with Crippen LogP contribution in [-0.4, -0.2) is 19.5 Å². The van der Waals surface area contributed by atoms with E-state index in [9.17, 15) is 4.79 Å². The first-order valence-electron chi connectivity index (χ1n) is 9.98. The number of para-hydroxylation sites is 1. The molecule has 4 rings (SSSR count). The van der Waals surface area contributed by atoms with Crippen molar-refractivity contribution in [3.8, 4) is 5.69 Å². The van der Waals surface area contributed by atoms with Crippen LogP contribution in [0.1, 0.15) is 38.2 Å². The summed E-state index contributed by atoms with van der Waals surface area (Å²) in [6.07, 6.45) is 1.64. The third-order valence-electron chi connectivity index (χ3n) is 4.57. The van der Waals surface area contributed by atoms with Gasteiger partial charge in [-0.2, -0.15) is 0 Å². The van der Waals surface area contributed by atoms with E-state index < -0.39 is 0 Å². The van der Waals surface area contributed by atoms with E-state index in [0.717, 1.165) is 5.56 Å². The summed E-state index contributed by atoms with van der Waals surface area (Å²) in [5, 5.41) is 4.19. The maximum Gasteiger partial charge on any atom is 0.267 e. The van der Waals surface area contributed by atoms with Crippen LogP contribution >= 0.6 is 23.2 Å². The van der Waals surface area contributed by atoms with E-state index >= 15 is 0 Å². The molecule has 0 spiro atoms. The molecular weight excluding hydrogens is 433 g/mol. The Balaban J connectivity index is 0.00000132. The van der Waals surface area contributed by atoms with E-state index in [1.54, 1.807) is 29.0 Å². The number of halogens is 2. The van der Waals surface area contributed by atoms with Gasteiger partial charge in [-0.05, 0) is 49.7 Å². The highest BCUT2D eigenvalue weighted by atomic mass is 35.5. The topological polar surface area (TPSA) is 72.7 Å². The van der Waals surface area contributed by atoms with Crippen LogP contribution in [0, 0.1) is 6.92 Å². The molecular formula is C23H23Cl2N5O. The van der Waals surface area contributed by atoms with Crippen LogP contribution in [0.5, 0.6) is 0 Å². The Bertz CT molecular complexity index is 1260. The number of aryl methyl sites for hydroxylation is 1. The van der Waals surface area contributed by atoms with Gasteiger partial charge in [0.05, 0.1) is 27.7 Å². The number of anilines is 1. The van der Waals surface area contributed by atoms with E-state index in [2.05, 4.69) is 15.3 Å². The summed E-state index contributed by atoms with van der Waals surface area (Å²) in [6, 6.07) is 14.2. The Morgan fingerprint density at radius 2 is 1.71 bits per heavy atom. The molecule has 2 aromatic carbocycles. The molecule has 1 unspecified atom stereocenters. The van der Waals surface area contributed by atoms with Crippen LogP contribution in [0.15, 0.2) is 59.5 Å². The molecule has 160 valence electrons. The highest BCUT2D eigenvalue weighted by Crippen LogP contribution is 2.25. The first kappa shape index (κ1) is 22.7. The molecule has 0 bridgehead atoms. The Morgan fingerprint density at radius 1 is 1.00 bits per heavy atom. The lowest BCUT2D eigenvalue weighted by molar-refractivity contribution is 0.730. The minimum atomic E-state index is -0.351. The van der Waals surface area contributed by atoms with Gasteiger partial charge < -0.3 is 5.32 Å². The first-order valence-corrected chi connectivity index (χ1v) is 10.7. The molecule has 31 heavy (non-hydrogen) atoms. The molecule has 0 aliphatic heterocycles. The summed E-state index contributed by atoms with van der Waals surface area (Å²) in [7, 11) is 0. The lowest BCUT2D eigenvalue weighted by Gasteiger charge is -2.21. The van der Waals surface area contributed by atoms with Crippen LogP contribution < -0.4 is 10.9 Å². The summed E-state index contributed by atoms with van der Waals surface area (Å²) < 4.78 is 1.57. The predicted octanol–water partition coefficient (Wildman–Crippen LogP) is 5.99. The minimum absolute atomic E-state index is 0.143. The second kappa shape index (κ2) is 9.90. The van der Waals surface area contributed by atoms with E-state index in [0.29, 0.717) is 33.3 Å². The summed E-state index contributed by atoms with van der Waals surface area (Å²) in [6.45, 7) is 7.79. The normalized spacial score (nSPS) is 11.5. The van der Waals surface area contributed by atoms with Crippen LogP contribution in [0.2, 0.25) is 10.3 Å². The van der Waals surface area contributed by atoms with Gasteiger partial charge in [-0.25, -0.2) is 15.0 Å². The average molecular weight is 456 g/mol. The summed E-state index contributed by atoms with van der Waals surface area (Å²) in [5.74, 6) is 1.11. The van der Waals surface area contributed by atoms with E-state index in [1.165, 1.54) is 0 Å². The van der Waals surface area contributed by atoms with Gasteiger partial charge in [-0.1, -0.05) is 49.7 Å². The molecule has 0 saturated heterocycles. The number of nitrogens with one attached hydrogen (secondary N) is 1. The van der Waals surface area contributed by atoms with Crippen molar-refractivity contribution in [3.63, 3.8) is 0 Å². The lowest BCUT2D eigenvalue weighted by Crippen LogP contribution is -2.27. The Labute approximate surface area is 190 Å². The summed E-state index contributed by atoms with van der Waals surface area (Å²) in [5.41, 5.74) is 1.84. The maximum atomic E-state index is 13.4. The molecule has 2 heterocycles. The fraction of sp³-hybridized carbons (Fsp3) is 0.217. The zero-order valence-corrected chi connectivity index (χ0v) is 19.2. The number of benzene rings is 2. The number of fused-ring (bicyclic) bond motifs is 1. The lowest BCUT2D eigenvalue weighted by atomic mass is 10.2. The number of nitrogens with zero attached hydrogens (tertiary/aromatic N) is 4. The molecule has 0 saturated carbocycles. The van der Waals surface area contributed by atoms with Gasteiger partial charge in [-0.3, -0.25) is 9.36 Å². The number of hydrogen-bond donors (Lipinski definition) is 1. The fourth-order valence-corrected chi connectivity index (χ4v) is 3.54. The zero-order valence-electron chi connectivity index (χ0n) is 17.7. The van der Waals surface area contributed by atoms with E-state index in [4.69, 9.17) is 28.2 Å². The molecule has 0 fully saturated rings. The zero-order chi connectivity index (χ0) is 22.5. The third-order valence-corrected chi connectivity index (χ3v) is 5.07. The molecule has 0 aliphatic carbocycles. The largest absolute Gasteiger partial charge is 0.360 e. The molecule has 1 N–H and O–H groups in total. The fourth-order valence-electron chi connectivity index (χ4n) is 3.16. The van der Waals surface area contributed by atoms with Gasteiger partial charge in [0, 0.05) is 11.8 Å². The Morgan fingerprint density at radius 3 is 2.42 bits per heavy atom. The highest BCUT2D eigenvalue weighted by Gasteiger charge is 2.20. The van der Waals surface area contributed by atoms with Crippen molar-refractivity contribution >= 4 is 39.9 Å². The molecule has 6 nitrogen and oxygen atoms in total. The number of hydrogen-bond acceptors (Lipinski definition) is 5. The van der Waals surface area contributed by atoms with Crippen molar-refractivity contribution in [2.75, 3.05) is 5.32 Å². The third kappa shape index (κ3) is 4.70. The van der Waals surface area contributed by atoms with E-state index in [1.807, 2.05) is 58.0 Å². The molecule has 2 aromatic heterocycles. The molecule has 0 amide bonds. The molecule has 8 heteroatoms. The predicted molar refractivity (Wildman–Crippen MR) is 128 cm³/mol. The van der Waals surface area contributed by atoms with Crippen LogP contribution in [0.25, 0.3) is 16.6 Å². The van der Waals surface area contributed by atoms with Crippen LogP contribution in [-0.2, 0) is 0 Å². The first-order chi connectivity index (χ1) is 15.0. The van der Waals surface area contributed by atoms with Gasteiger partial charge in [0.2, 0.25) is 5.28 Å². The van der Waals surface area contributed by atoms with Crippen molar-refractivity contribution in [1.82, 2.24) is 19.5 Å². The SMILES string of the molecule is CC.Cc1cnc(Cl)nc1NC(C)c1nc2cccc(Cl)c2c(=O)n1-c1ccccc1.